The normalized spacial score (nSPS) is 12.0. The lowest BCUT2D eigenvalue weighted by molar-refractivity contribution is 0.500. The number of hydrogen-bond acceptors (Lipinski definition) is 1. The van der Waals surface area contributed by atoms with Crippen LogP contribution in [0.4, 0.5) is 0 Å². The van der Waals surface area contributed by atoms with Crippen molar-refractivity contribution in [3.8, 4) is 0 Å². The Bertz CT molecular complexity index is 1070. The molecule has 0 saturated heterocycles. The van der Waals surface area contributed by atoms with E-state index in [0.29, 0.717) is 10.6 Å². The van der Waals surface area contributed by atoms with Gasteiger partial charge in [-0.15, -0.1) is 0 Å². The molecule has 0 aliphatic rings. The van der Waals surface area contributed by atoms with Crippen molar-refractivity contribution in [3.63, 3.8) is 0 Å². The van der Waals surface area contributed by atoms with Crippen LogP contribution >= 0.6 is 7.37 Å². The van der Waals surface area contributed by atoms with Crippen molar-refractivity contribution >= 4 is 39.5 Å². The van der Waals surface area contributed by atoms with Gasteiger partial charge in [-0.3, -0.25) is 4.57 Å². The Labute approximate surface area is 147 Å². The van der Waals surface area contributed by atoms with E-state index in [1.807, 2.05) is 74.5 Å². The molecule has 4 aromatic carbocycles. The van der Waals surface area contributed by atoms with Gasteiger partial charge in [-0.25, -0.2) is 0 Å². The minimum absolute atomic E-state index is 0.518. The predicted molar refractivity (Wildman–Crippen MR) is 106 cm³/mol. The summed E-state index contributed by atoms with van der Waals surface area (Å²) in [4.78, 5) is 11.1. The first-order chi connectivity index (χ1) is 12.0. The van der Waals surface area contributed by atoms with Crippen LogP contribution in [0.2, 0.25) is 0 Å². The van der Waals surface area contributed by atoms with Crippen LogP contribution in [0.1, 0.15) is 11.1 Å². The summed E-state index contributed by atoms with van der Waals surface area (Å²) >= 11 is 0. The van der Waals surface area contributed by atoms with Crippen molar-refractivity contribution in [1.29, 1.82) is 0 Å². The monoisotopic (exact) mass is 346 g/mol. The third kappa shape index (κ3) is 2.50. The molecule has 4 rings (SSSR count). The van der Waals surface area contributed by atoms with Crippen LogP contribution in [-0.2, 0) is 4.57 Å². The first-order valence-electron chi connectivity index (χ1n) is 8.31. The zero-order valence-corrected chi connectivity index (χ0v) is 15.1. The Kier molecular flexibility index (Phi) is 3.76. The quantitative estimate of drug-likeness (QED) is 0.528. The van der Waals surface area contributed by atoms with Crippen LogP contribution in [0.3, 0.4) is 0 Å². The Hall–Kier alpha value is -2.41. The van der Waals surface area contributed by atoms with Gasteiger partial charge in [0.15, 0.2) is 0 Å². The molecule has 0 bridgehead atoms. The van der Waals surface area contributed by atoms with Crippen molar-refractivity contribution < 1.29 is 9.46 Å². The Morgan fingerprint density at radius 2 is 1.04 bits per heavy atom. The number of hydrogen-bond donors (Lipinski definition) is 1. The second-order valence-electron chi connectivity index (χ2n) is 6.44. The fourth-order valence-corrected chi connectivity index (χ4v) is 5.58. The SMILES string of the molecule is Cc1c(P(=O)(O)c2ccc3ccccc3c2C)ccc2ccccc12. The van der Waals surface area contributed by atoms with Crippen LogP contribution in [0.5, 0.6) is 0 Å². The zero-order chi connectivity index (χ0) is 17.6. The van der Waals surface area contributed by atoms with E-state index in [4.69, 9.17) is 0 Å². The summed E-state index contributed by atoms with van der Waals surface area (Å²) in [6.07, 6.45) is 0. The molecular weight excluding hydrogens is 327 g/mol. The molecule has 0 radical (unpaired) electrons. The lowest BCUT2D eigenvalue weighted by Gasteiger charge is -2.19. The summed E-state index contributed by atoms with van der Waals surface area (Å²) in [5, 5.41) is 5.24. The zero-order valence-electron chi connectivity index (χ0n) is 14.2. The fourth-order valence-electron chi connectivity index (χ4n) is 3.62. The van der Waals surface area contributed by atoms with Crippen molar-refractivity contribution in [2.24, 2.45) is 0 Å². The molecule has 0 spiro atoms. The number of fused-ring (bicyclic) bond motifs is 2. The lowest BCUT2D eigenvalue weighted by Crippen LogP contribution is -2.20. The van der Waals surface area contributed by atoms with Gasteiger partial charge in [0.1, 0.15) is 0 Å². The van der Waals surface area contributed by atoms with Gasteiger partial charge in [0.25, 0.3) is 7.37 Å². The second kappa shape index (κ2) is 5.84. The first kappa shape index (κ1) is 16.1. The molecule has 25 heavy (non-hydrogen) atoms. The summed E-state index contributed by atoms with van der Waals surface area (Å²) in [5.41, 5.74) is 1.74. The van der Waals surface area contributed by atoms with E-state index in [2.05, 4.69) is 0 Å². The van der Waals surface area contributed by atoms with Crippen LogP contribution < -0.4 is 10.6 Å². The summed E-state index contributed by atoms with van der Waals surface area (Å²) in [6, 6.07) is 23.4. The van der Waals surface area contributed by atoms with E-state index in [-0.39, 0.29) is 0 Å². The molecule has 4 aromatic rings. The molecule has 0 heterocycles. The maximum atomic E-state index is 13.5. The predicted octanol–water partition coefficient (Wildman–Crippen LogP) is 4.83. The van der Waals surface area contributed by atoms with E-state index in [9.17, 15) is 9.46 Å². The largest absolute Gasteiger partial charge is 0.338 e. The number of benzene rings is 4. The molecule has 0 atom stereocenters. The summed E-state index contributed by atoms with van der Waals surface area (Å²) < 4.78 is 13.5. The maximum Gasteiger partial charge on any atom is 0.259 e. The Morgan fingerprint density at radius 3 is 1.48 bits per heavy atom. The number of rotatable bonds is 2. The minimum atomic E-state index is -3.68. The van der Waals surface area contributed by atoms with Crippen LogP contribution in [0, 0.1) is 13.8 Å². The van der Waals surface area contributed by atoms with Crippen molar-refractivity contribution in [3.05, 3.63) is 83.9 Å². The van der Waals surface area contributed by atoms with E-state index in [1.54, 1.807) is 12.1 Å². The molecule has 124 valence electrons. The van der Waals surface area contributed by atoms with Crippen LogP contribution in [0.25, 0.3) is 21.5 Å². The van der Waals surface area contributed by atoms with E-state index >= 15 is 0 Å². The van der Waals surface area contributed by atoms with Gasteiger partial charge in [-0.2, -0.15) is 0 Å². The van der Waals surface area contributed by atoms with Gasteiger partial charge in [0, 0.05) is 10.6 Å². The van der Waals surface area contributed by atoms with Crippen molar-refractivity contribution in [2.75, 3.05) is 0 Å². The standard InChI is InChI=1S/C22H19O2P/c1-15-19-9-5-3-7-17(19)11-13-21(15)25(23,24)22-14-12-18-8-4-6-10-20(18)16(22)2/h3-14H,1-2H3,(H,23,24). The van der Waals surface area contributed by atoms with Gasteiger partial charge in [0.05, 0.1) is 0 Å². The Balaban J connectivity index is 1.98. The molecule has 3 heteroatoms. The molecule has 0 saturated carbocycles. The molecule has 1 N–H and O–H groups in total. The highest BCUT2D eigenvalue weighted by atomic mass is 31.2. The minimum Gasteiger partial charge on any atom is -0.338 e. The topological polar surface area (TPSA) is 37.3 Å². The highest BCUT2D eigenvalue weighted by molar-refractivity contribution is 7.73. The molecule has 0 aliphatic carbocycles. The van der Waals surface area contributed by atoms with Crippen LogP contribution in [0.15, 0.2) is 72.8 Å². The average molecular weight is 346 g/mol. The van der Waals surface area contributed by atoms with Gasteiger partial charge >= 0.3 is 0 Å². The third-order valence-electron chi connectivity index (χ3n) is 4.99. The van der Waals surface area contributed by atoms with Gasteiger partial charge in [-0.05, 0) is 58.7 Å². The number of aryl methyl sites for hydroxylation is 2. The molecule has 0 amide bonds. The molecule has 0 aliphatic heterocycles. The van der Waals surface area contributed by atoms with Crippen molar-refractivity contribution in [2.45, 2.75) is 13.8 Å². The summed E-state index contributed by atoms with van der Waals surface area (Å²) in [7, 11) is -3.68. The lowest BCUT2D eigenvalue weighted by atomic mass is 10.1. The Morgan fingerprint density at radius 1 is 0.640 bits per heavy atom. The van der Waals surface area contributed by atoms with E-state index < -0.39 is 7.37 Å². The summed E-state index contributed by atoms with van der Waals surface area (Å²) in [5.74, 6) is 0. The molecule has 2 nitrogen and oxygen atoms in total. The van der Waals surface area contributed by atoms with Crippen LogP contribution in [-0.4, -0.2) is 4.89 Å². The second-order valence-corrected chi connectivity index (χ2v) is 8.55. The van der Waals surface area contributed by atoms with Gasteiger partial charge in [0.2, 0.25) is 0 Å². The van der Waals surface area contributed by atoms with Crippen molar-refractivity contribution in [1.82, 2.24) is 0 Å². The fraction of sp³-hybridized carbons (Fsp3) is 0.0909. The maximum absolute atomic E-state index is 13.5. The molecular formula is C22H19O2P. The van der Waals surface area contributed by atoms with E-state index in [1.165, 1.54) is 0 Å². The average Bonchev–Trinajstić information content (AvgIpc) is 2.62. The van der Waals surface area contributed by atoms with E-state index in [0.717, 1.165) is 32.7 Å². The summed E-state index contributed by atoms with van der Waals surface area (Å²) in [6.45, 7) is 3.85. The van der Waals surface area contributed by atoms with Gasteiger partial charge < -0.3 is 4.89 Å². The first-order valence-corrected chi connectivity index (χ1v) is 9.97. The van der Waals surface area contributed by atoms with Gasteiger partial charge in [-0.1, -0.05) is 60.7 Å². The highest BCUT2D eigenvalue weighted by Gasteiger charge is 2.29. The molecule has 0 fully saturated rings. The highest BCUT2D eigenvalue weighted by Crippen LogP contribution is 2.42. The molecule has 0 aromatic heterocycles. The smallest absolute Gasteiger partial charge is 0.259 e. The molecule has 0 unspecified atom stereocenters. The third-order valence-corrected chi connectivity index (χ3v) is 7.27.